The number of carbonyl (C=O) groups excluding carboxylic acids is 1. The van der Waals surface area contributed by atoms with Crippen molar-refractivity contribution in [1.82, 2.24) is 10.2 Å². The van der Waals surface area contributed by atoms with Gasteiger partial charge in [0.15, 0.2) is 0 Å². The van der Waals surface area contributed by atoms with E-state index in [4.69, 9.17) is 5.11 Å². The molecule has 88 valence electrons. The lowest BCUT2D eigenvalue weighted by molar-refractivity contribution is -0.138. The van der Waals surface area contributed by atoms with Gasteiger partial charge >= 0.3 is 5.97 Å². The van der Waals surface area contributed by atoms with Gasteiger partial charge in [-0.1, -0.05) is 0 Å². The third-order valence-electron chi connectivity index (χ3n) is 2.29. The molecular weight excluding hydrogens is 222 g/mol. The van der Waals surface area contributed by atoms with Crippen molar-refractivity contribution >= 4 is 28.5 Å². The maximum Gasteiger partial charge on any atom is 0.303 e. The van der Waals surface area contributed by atoms with E-state index in [1.165, 1.54) is 0 Å². The van der Waals surface area contributed by atoms with Crippen LogP contribution in [0.3, 0.4) is 0 Å². The lowest BCUT2D eigenvalue weighted by Crippen LogP contribution is -2.12. The van der Waals surface area contributed by atoms with Crippen LogP contribution in [0.5, 0.6) is 0 Å². The molecule has 0 bridgehead atoms. The molecule has 6 heteroatoms. The van der Waals surface area contributed by atoms with E-state index in [0.717, 1.165) is 10.9 Å². The number of aliphatic carboxylic acids is 1. The van der Waals surface area contributed by atoms with Gasteiger partial charge in [-0.25, -0.2) is 0 Å². The molecule has 0 saturated carbocycles. The van der Waals surface area contributed by atoms with Gasteiger partial charge in [0, 0.05) is 17.5 Å². The zero-order valence-corrected chi connectivity index (χ0v) is 8.93. The maximum absolute atomic E-state index is 11.4. The van der Waals surface area contributed by atoms with Gasteiger partial charge in [-0.3, -0.25) is 14.7 Å². The monoisotopic (exact) mass is 233 g/mol. The molecule has 1 heterocycles. The number of hydrogen-bond donors (Lipinski definition) is 3. The third kappa shape index (κ3) is 2.81. The normalized spacial score (nSPS) is 10.4. The molecular formula is C11H11N3O3. The number of benzene rings is 1. The minimum atomic E-state index is -0.981. The van der Waals surface area contributed by atoms with Crippen molar-refractivity contribution in [1.29, 1.82) is 0 Å². The molecule has 0 saturated heterocycles. The number of hydrogen-bond acceptors (Lipinski definition) is 3. The van der Waals surface area contributed by atoms with E-state index in [1.54, 1.807) is 24.4 Å². The van der Waals surface area contributed by atoms with E-state index < -0.39 is 5.97 Å². The number of carboxylic acids is 1. The van der Waals surface area contributed by atoms with Gasteiger partial charge in [0.05, 0.1) is 18.1 Å². The highest BCUT2D eigenvalue weighted by Crippen LogP contribution is 2.16. The largest absolute Gasteiger partial charge is 0.481 e. The fourth-order valence-electron chi connectivity index (χ4n) is 1.46. The SMILES string of the molecule is O=C(O)CCC(=O)Nc1ccc2[nH]ncc2c1. The Morgan fingerprint density at radius 2 is 2.18 bits per heavy atom. The zero-order chi connectivity index (χ0) is 12.3. The van der Waals surface area contributed by atoms with Gasteiger partial charge in [-0.2, -0.15) is 5.10 Å². The molecule has 1 aromatic carbocycles. The molecule has 1 amide bonds. The number of nitrogens with one attached hydrogen (secondary N) is 2. The quantitative estimate of drug-likeness (QED) is 0.743. The molecule has 2 aromatic rings. The van der Waals surface area contributed by atoms with Crippen LogP contribution in [0.1, 0.15) is 12.8 Å². The van der Waals surface area contributed by atoms with Crippen LogP contribution in [0.25, 0.3) is 10.9 Å². The Balaban J connectivity index is 2.02. The lowest BCUT2D eigenvalue weighted by atomic mass is 10.2. The average molecular weight is 233 g/mol. The van der Waals surface area contributed by atoms with Crippen LogP contribution in [0, 0.1) is 0 Å². The molecule has 0 aliphatic rings. The topological polar surface area (TPSA) is 95.1 Å². The predicted molar refractivity (Wildman–Crippen MR) is 61.6 cm³/mol. The summed E-state index contributed by atoms with van der Waals surface area (Å²) in [5.41, 5.74) is 1.52. The number of anilines is 1. The first kappa shape index (κ1) is 11.1. The molecule has 3 N–H and O–H groups in total. The van der Waals surface area contributed by atoms with Crippen molar-refractivity contribution in [3.63, 3.8) is 0 Å². The van der Waals surface area contributed by atoms with E-state index in [-0.39, 0.29) is 18.7 Å². The molecule has 0 unspecified atom stereocenters. The number of amides is 1. The molecule has 6 nitrogen and oxygen atoms in total. The predicted octanol–water partition coefficient (Wildman–Crippen LogP) is 1.37. The molecule has 1 aromatic heterocycles. The fourth-order valence-corrected chi connectivity index (χ4v) is 1.46. The summed E-state index contributed by atoms with van der Waals surface area (Å²) < 4.78 is 0. The van der Waals surface area contributed by atoms with Crippen molar-refractivity contribution in [3.8, 4) is 0 Å². The van der Waals surface area contributed by atoms with Crippen LogP contribution in [0.15, 0.2) is 24.4 Å². The summed E-state index contributed by atoms with van der Waals surface area (Å²) >= 11 is 0. The zero-order valence-electron chi connectivity index (χ0n) is 8.93. The Labute approximate surface area is 96.6 Å². The summed E-state index contributed by atoms with van der Waals surface area (Å²) in [4.78, 5) is 21.7. The van der Waals surface area contributed by atoms with Crippen molar-refractivity contribution in [2.75, 3.05) is 5.32 Å². The molecule has 0 spiro atoms. The minimum Gasteiger partial charge on any atom is -0.481 e. The first-order chi connectivity index (χ1) is 8.15. The number of rotatable bonds is 4. The average Bonchev–Trinajstić information content (AvgIpc) is 2.73. The summed E-state index contributed by atoms with van der Waals surface area (Å²) in [5, 5.41) is 18.6. The molecule has 0 atom stereocenters. The summed E-state index contributed by atoms with van der Waals surface area (Å²) in [6, 6.07) is 5.31. The molecule has 17 heavy (non-hydrogen) atoms. The van der Waals surface area contributed by atoms with Gasteiger partial charge < -0.3 is 10.4 Å². The van der Waals surface area contributed by atoms with Crippen LogP contribution in [-0.2, 0) is 9.59 Å². The smallest absolute Gasteiger partial charge is 0.303 e. The van der Waals surface area contributed by atoms with Gasteiger partial charge in [0.2, 0.25) is 5.91 Å². The van der Waals surface area contributed by atoms with Gasteiger partial charge in [-0.15, -0.1) is 0 Å². The Morgan fingerprint density at radius 3 is 2.94 bits per heavy atom. The highest BCUT2D eigenvalue weighted by atomic mass is 16.4. The first-order valence-corrected chi connectivity index (χ1v) is 5.10. The summed E-state index contributed by atoms with van der Waals surface area (Å²) in [7, 11) is 0. The van der Waals surface area contributed by atoms with Crippen LogP contribution >= 0.6 is 0 Å². The fraction of sp³-hybridized carbons (Fsp3) is 0.182. The summed E-state index contributed by atoms with van der Waals surface area (Å²) in [6.07, 6.45) is 1.46. The van der Waals surface area contributed by atoms with Gasteiger partial charge in [-0.05, 0) is 18.2 Å². The first-order valence-electron chi connectivity index (χ1n) is 5.10. The van der Waals surface area contributed by atoms with Gasteiger partial charge in [0.25, 0.3) is 0 Å². The highest BCUT2D eigenvalue weighted by molar-refractivity contribution is 5.94. The van der Waals surface area contributed by atoms with E-state index in [2.05, 4.69) is 15.5 Å². The highest BCUT2D eigenvalue weighted by Gasteiger charge is 2.06. The second-order valence-corrected chi connectivity index (χ2v) is 3.61. The minimum absolute atomic E-state index is 0.0290. The number of aromatic amines is 1. The summed E-state index contributed by atoms with van der Waals surface area (Å²) in [5.74, 6) is -1.29. The van der Waals surface area contributed by atoms with Crippen LogP contribution < -0.4 is 5.32 Å². The number of H-pyrrole nitrogens is 1. The number of fused-ring (bicyclic) bond motifs is 1. The van der Waals surface area contributed by atoms with Crippen molar-refractivity contribution in [2.24, 2.45) is 0 Å². The molecule has 0 fully saturated rings. The Bertz CT molecular complexity index is 562. The second-order valence-electron chi connectivity index (χ2n) is 3.61. The van der Waals surface area contributed by atoms with Crippen molar-refractivity contribution in [2.45, 2.75) is 12.8 Å². The van der Waals surface area contributed by atoms with Crippen LogP contribution in [-0.4, -0.2) is 27.2 Å². The van der Waals surface area contributed by atoms with Gasteiger partial charge in [0.1, 0.15) is 0 Å². The van der Waals surface area contributed by atoms with Crippen LogP contribution in [0.4, 0.5) is 5.69 Å². The Morgan fingerprint density at radius 1 is 1.35 bits per heavy atom. The molecule has 0 aliphatic carbocycles. The summed E-state index contributed by atoms with van der Waals surface area (Å²) in [6.45, 7) is 0. The number of carbonyl (C=O) groups is 2. The number of nitrogens with zero attached hydrogens (tertiary/aromatic N) is 1. The lowest BCUT2D eigenvalue weighted by Gasteiger charge is -2.03. The van der Waals surface area contributed by atoms with E-state index in [9.17, 15) is 9.59 Å². The van der Waals surface area contributed by atoms with E-state index >= 15 is 0 Å². The third-order valence-corrected chi connectivity index (χ3v) is 2.29. The molecule has 0 radical (unpaired) electrons. The van der Waals surface area contributed by atoms with Crippen LogP contribution in [0.2, 0.25) is 0 Å². The standard InChI is InChI=1S/C11H11N3O3/c15-10(3-4-11(16)17)13-8-1-2-9-7(5-8)6-12-14-9/h1-2,5-6H,3-4H2,(H,12,14)(H,13,15)(H,16,17). The van der Waals surface area contributed by atoms with Crippen molar-refractivity contribution in [3.05, 3.63) is 24.4 Å². The maximum atomic E-state index is 11.4. The van der Waals surface area contributed by atoms with Crippen molar-refractivity contribution < 1.29 is 14.7 Å². The number of aromatic nitrogens is 2. The van der Waals surface area contributed by atoms with E-state index in [1.807, 2.05) is 0 Å². The second kappa shape index (κ2) is 4.65. The Kier molecular flexibility index (Phi) is 3.04. The molecule has 0 aliphatic heterocycles. The Hall–Kier alpha value is -2.37. The number of carboxylic acid groups (broad SMARTS) is 1. The molecule has 2 rings (SSSR count). The van der Waals surface area contributed by atoms with E-state index in [0.29, 0.717) is 5.69 Å².